The van der Waals surface area contributed by atoms with Crippen molar-refractivity contribution in [2.24, 2.45) is 4.99 Å². The SMILES string of the molecule is C/C=C(\N=CC(=C(C)C)N1CCN(C)CC1)C(=O)NO. The molecule has 0 radical (unpaired) electrons. The first-order valence-corrected chi connectivity index (χ1v) is 6.75. The van der Waals surface area contributed by atoms with Gasteiger partial charge in [0.2, 0.25) is 0 Å². The highest BCUT2D eigenvalue weighted by Crippen LogP contribution is 2.12. The molecular formula is C14H24N4O2. The Balaban J connectivity index is 2.84. The zero-order valence-electron chi connectivity index (χ0n) is 12.7. The fraction of sp³-hybridized carbons (Fsp3) is 0.571. The van der Waals surface area contributed by atoms with Gasteiger partial charge >= 0.3 is 0 Å². The molecule has 0 unspecified atom stereocenters. The van der Waals surface area contributed by atoms with Crippen LogP contribution in [0.2, 0.25) is 0 Å². The van der Waals surface area contributed by atoms with E-state index >= 15 is 0 Å². The number of hydroxylamine groups is 1. The molecule has 0 aliphatic carbocycles. The number of nitrogens with zero attached hydrogens (tertiary/aromatic N) is 3. The smallest absolute Gasteiger partial charge is 0.292 e. The Morgan fingerprint density at radius 1 is 1.25 bits per heavy atom. The molecule has 1 aliphatic rings. The number of rotatable bonds is 4. The molecule has 0 saturated carbocycles. The average Bonchev–Trinajstić information content (AvgIpc) is 2.44. The molecule has 1 saturated heterocycles. The number of amides is 1. The molecule has 0 spiro atoms. The first kappa shape index (κ1) is 16.4. The van der Waals surface area contributed by atoms with E-state index in [2.05, 4.69) is 21.8 Å². The van der Waals surface area contributed by atoms with Gasteiger partial charge in [0.05, 0.1) is 11.9 Å². The van der Waals surface area contributed by atoms with Gasteiger partial charge in [0.25, 0.3) is 5.91 Å². The lowest BCUT2D eigenvalue weighted by Gasteiger charge is -2.35. The molecule has 0 atom stereocenters. The van der Waals surface area contributed by atoms with Crippen LogP contribution in [0, 0.1) is 0 Å². The van der Waals surface area contributed by atoms with Crippen LogP contribution in [0.5, 0.6) is 0 Å². The van der Waals surface area contributed by atoms with Crippen molar-refractivity contribution in [2.45, 2.75) is 20.8 Å². The number of aliphatic imine (C=N–C) groups is 1. The standard InChI is InChI=1S/C14H24N4O2/c1-5-12(14(19)16-20)15-10-13(11(2)3)18-8-6-17(4)7-9-18/h5,10,20H,6-9H2,1-4H3,(H,16,19)/b12-5-,15-10?. The normalized spacial score (nSPS) is 17.4. The quantitative estimate of drug-likeness (QED) is 0.349. The van der Waals surface area contributed by atoms with Crippen molar-refractivity contribution in [2.75, 3.05) is 33.2 Å². The highest BCUT2D eigenvalue weighted by atomic mass is 16.5. The second kappa shape index (κ2) is 7.81. The molecule has 0 bridgehead atoms. The predicted molar refractivity (Wildman–Crippen MR) is 79.6 cm³/mol. The summed E-state index contributed by atoms with van der Waals surface area (Å²) in [5, 5.41) is 8.65. The summed E-state index contributed by atoms with van der Waals surface area (Å²) in [6, 6.07) is 0. The maximum absolute atomic E-state index is 11.4. The monoisotopic (exact) mass is 280 g/mol. The Morgan fingerprint density at radius 3 is 2.30 bits per heavy atom. The Bertz CT molecular complexity index is 428. The minimum atomic E-state index is -0.602. The minimum absolute atomic E-state index is 0.195. The van der Waals surface area contributed by atoms with Gasteiger partial charge in [-0.15, -0.1) is 0 Å². The summed E-state index contributed by atoms with van der Waals surface area (Å²) in [7, 11) is 2.11. The molecule has 0 aromatic rings. The van der Waals surface area contributed by atoms with Gasteiger partial charge in [-0.1, -0.05) is 11.6 Å². The second-order valence-electron chi connectivity index (χ2n) is 5.05. The summed E-state index contributed by atoms with van der Waals surface area (Å²) in [6.45, 7) is 9.68. The van der Waals surface area contributed by atoms with Crippen LogP contribution < -0.4 is 5.48 Å². The Morgan fingerprint density at radius 2 is 1.85 bits per heavy atom. The Labute approximate surface area is 120 Å². The van der Waals surface area contributed by atoms with Crippen LogP contribution in [-0.2, 0) is 4.79 Å². The van der Waals surface area contributed by atoms with Crippen LogP contribution >= 0.6 is 0 Å². The van der Waals surface area contributed by atoms with Crippen LogP contribution in [-0.4, -0.2) is 60.4 Å². The summed E-state index contributed by atoms with van der Waals surface area (Å²) in [4.78, 5) is 20.1. The Hall–Kier alpha value is -1.66. The van der Waals surface area contributed by atoms with Crippen molar-refractivity contribution >= 4 is 12.1 Å². The van der Waals surface area contributed by atoms with Crippen LogP contribution in [0.15, 0.2) is 28.0 Å². The lowest BCUT2D eigenvalue weighted by Crippen LogP contribution is -2.44. The molecule has 1 aliphatic heterocycles. The van der Waals surface area contributed by atoms with E-state index in [4.69, 9.17) is 5.21 Å². The fourth-order valence-electron chi connectivity index (χ4n) is 2.03. The number of nitrogens with one attached hydrogen (secondary N) is 1. The van der Waals surface area contributed by atoms with E-state index in [-0.39, 0.29) is 5.70 Å². The third kappa shape index (κ3) is 4.47. The summed E-state index contributed by atoms with van der Waals surface area (Å²) in [6.07, 6.45) is 3.26. The second-order valence-corrected chi connectivity index (χ2v) is 5.05. The van der Waals surface area contributed by atoms with Crippen molar-refractivity contribution in [1.29, 1.82) is 0 Å². The summed E-state index contributed by atoms with van der Waals surface area (Å²) >= 11 is 0. The van der Waals surface area contributed by atoms with Gasteiger partial charge in [-0.3, -0.25) is 10.0 Å². The molecule has 1 rings (SSSR count). The van der Waals surface area contributed by atoms with Gasteiger partial charge < -0.3 is 9.80 Å². The topological polar surface area (TPSA) is 68.2 Å². The highest BCUT2D eigenvalue weighted by Gasteiger charge is 2.16. The number of likely N-dealkylation sites (N-methyl/N-ethyl adjacent to an activating group) is 1. The van der Waals surface area contributed by atoms with Crippen molar-refractivity contribution in [1.82, 2.24) is 15.3 Å². The van der Waals surface area contributed by atoms with Gasteiger partial charge in [-0.2, -0.15) is 0 Å². The number of hydrogen-bond acceptors (Lipinski definition) is 5. The molecular weight excluding hydrogens is 256 g/mol. The molecule has 6 heteroatoms. The molecule has 0 aromatic heterocycles. The lowest BCUT2D eigenvalue weighted by atomic mass is 10.2. The van der Waals surface area contributed by atoms with E-state index < -0.39 is 5.91 Å². The minimum Gasteiger partial charge on any atom is -0.368 e. The average molecular weight is 280 g/mol. The Kier molecular flexibility index (Phi) is 6.41. The van der Waals surface area contributed by atoms with E-state index in [1.807, 2.05) is 13.8 Å². The lowest BCUT2D eigenvalue weighted by molar-refractivity contribution is -0.125. The number of carbonyl (C=O) groups is 1. The zero-order chi connectivity index (χ0) is 15.1. The van der Waals surface area contributed by atoms with Crippen LogP contribution in [0.4, 0.5) is 0 Å². The first-order chi connectivity index (χ1) is 9.49. The van der Waals surface area contributed by atoms with E-state index in [1.54, 1.807) is 24.7 Å². The molecule has 6 nitrogen and oxygen atoms in total. The van der Waals surface area contributed by atoms with Crippen molar-refractivity contribution in [3.05, 3.63) is 23.0 Å². The van der Waals surface area contributed by atoms with Gasteiger partial charge in [0.1, 0.15) is 5.70 Å². The molecule has 1 heterocycles. The van der Waals surface area contributed by atoms with Crippen molar-refractivity contribution < 1.29 is 10.0 Å². The third-order valence-corrected chi connectivity index (χ3v) is 3.29. The van der Waals surface area contributed by atoms with E-state index in [0.29, 0.717) is 0 Å². The van der Waals surface area contributed by atoms with Crippen LogP contribution in [0.25, 0.3) is 0 Å². The van der Waals surface area contributed by atoms with E-state index in [1.165, 1.54) is 0 Å². The van der Waals surface area contributed by atoms with Crippen molar-refractivity contribution in [3.8, 4) is 0 Å². The molecule has 1 fully saturated rings. The molecule has 20 heavy (non-hydrogen) atoms. The molecule has 0 aromatic carbocycles. The fourth-order valence-corrected chi connectivity index (χ4v) is 2.03. The van der Waals surface area contributed by atoms with Gasteiger partial charge in [0, 0.05) is 26.2 Å². The third-order valence-electron chi connectivity index (χ3n) is 3.29. The van der Waals surface area contributed by atoms with Crippen LogP contribution in [0.1, 0.15) is 20.8 Å². The number of carbonyl (C=O) groups excluding carboxylic acids is 1. The number of hydrogen-bond donors (Lipinski definition) is 2. The zero-order valence-corrected chi connectivity index (χ0v) is 12.7. The van der Waals surface area contributed by atoms with Crippen molar-refractivity contribution in [3.63, 3.8) is 0 Å². The molecule has 112 valence electrons. The number of allylic oxidation sites excluding steroid dienone is 3. The van der Waals surface area contributed by atoms with Gasteiger partial charge in [-0.05, 0) is 27.8 Å². The number of piperazine rings is 1. The predicted octanol–water partition coefficient (Wildman–Crippen LogP) is 1.01. The van der Waals surface area contributed by atoms with Gasteiger partial charge in [-0.25, -0.2) is 10.5 Å². The molecule has 1 amide bonds. The van der Waals surface area contributed by atoms with Gasteiger partial charge in [0.15, 0.2) is 0 Å². The summed E-state index contributed by atoms with van der Waals surface area (Å²) in [5.41, 5.74) is 3.97. The van der Waals surface area contributed by atoms with E-state index in [0.717, 1.165) is 37.4 Å². The summed E-state index contributed by atoms with van der Waals surface area (Å²) in [5.74, 6) is -0.602. The first-order valence-electron chi connectivity index (χ1n) is 6.75. The maximum atomic E-state index is 11.4. The summed E-state index contributed by atoms with van der Waals surface area (Å²) < 4.78 is 0. The maximum Gasteiger partial charge on any atom is 0.292 e. The largest absolute Gasteiger partial charge is 0.368 e. The highest BCUT2D eigenvalue weighted by molar-refractivity contribution is 5.95. The van der Waals surface area contributed by atoms with E-state index in [9.17, 15) is 4.79 Å². The molecule has 2 N–H and O–H groups in total. The van der Waals surface area contributed by atoms with Crippen LogP contribution in [0.3, 0.4) is 0 Å².